The molecule has 0 aliphatic carbocycles. The molecule has 118 valence electrons. The lowest BCUT2D eigenvalue weighted by molar-refractivity contribution is 0.305. The summed E-state index contributed by atoms with van der Waals surface area (Å²) in [6.07, 6.45) is 10.9. The molecular weight excluding hydrogens is 286 g/mol. The Hall–Kier alpha value is -2.67. The second-order valence-corrected chi connectivity index (χ2v) is 5.26. The molecule has 0 bridgehead atoms. The van der Waals surface area contributed by atoms with Crippen molar-refractivity contribution in [3.05, 3.63) is 55.0 Å². The van der Waals surface area contributed by atoms with Crippen molar-refractivity contribution in [3.63, 3.8) is 0 Å². The highest BCUT2D eigenvalue weighted by Gasteiger charge is 2.01. The summed E-state index contributed by atoms with van der Waals surface area (Å²) in [6, 6.07) is 9.74. The third-order valence-electron chi connectivity index (χ3n) is 3.49. The number of aromatic nitrogens is 2. The summed E-state index contributed by atoms with van der Waals surface area (Å²) in [6.45, 7) is 4.46. The average Bonchev–Trinajstić information content (AvgIpc) is 2.61. The molecule has 0 N–H and O–H groups in total. The van der Waals surface area contributed by atoms with Gasteiger partial charge in [-0.25, -0.2) is 4.98 Å². The number of allylic oxidation sites excluding steroid dienone is 1. The SMILES string of the molecule is C=CCCCCCCOc1ccc(-c2cnc(C#N)cn2)cc1. The molecule has 1 heterocycles. The maximum absolute atomic E-state index is 8.73. The third kappa shape index (κ3) is 5.55. The van der Waals surface area contributed by atoms with E-state index in [2.05, 4.69) is 16.5 Å². The standard InChI is InChI=1S/C19H21N3O/c1-2-3-4-5-6-7-12-23-18-10-8-16(9-11-18)19-15-21-17(13-20)14-22-19/h2,8-11,14-15H,1,3-7,12H2. The van der Waals surface area contributed by atoms with Gasteiger partial charge in [-0.2, -0.15) is 5.26 Å². The van der Waals surface area contributed by atoms with E-state index in [1.54, 1.807) is 6.20 Å². The Bertz CT molecular complexity index is 642. The first-order valence-electron chi connectivity index (χ1n) is 7.90. The second-order valence-electron chi connectivity index (χ2n) is 5.26. The van der Waals surface area contributed by atoms with Crippen LogP contribution < -0.4 is 4.74 Å². The first-order chi connectivity index (χ1) is 11.3. The molecule has 2 aromatic rings. The molecule has 0 aliphatic heterocycles. The van der Waals surface area contributed by atoms with E-state index in [4.69, 9.17) is 10.00 Å². The first-order valence-corrected chi connectivity index (χ1v) is 7.90. The van der Waals surface area contributed by atoms with Gasteiger partial charge in [0.2, 0.25) is 0 Å². The minimum absolute atomic E-state index is 0.321. The van der Waals surface area contributed by atoms with Crippen molar-refractivity contribution in [2.24, 2.45) is 0 Å². The highest BCUT2D eigenvalue weighted by Crippen LogP contribution is 2.20. The largest absolute Gasteiger partial charge is 0.494 e. The molecule has 4 heteroatoms. The van der Waals surface area contributed by atoms with Crippen molar-refractivity contribution in [1.29, 1.82) is 5.26 Å². The molecule has 0 spiro atoms. The highest BCUT2D eigenvalue weighted by molar-refractivity contribution is 5.59. The Labute approximate surface area is 137 Å². The third-order valence-corrected chi connectivity index (χ3v) is 3.49. The van der Waals surface area contributed by atoms with Crippen LogP contribution in [0.4, 0.5) is 0 Å². The zero-order valence-corrected chi connectivity index (χ0v) is 13.2. The van der Waals surface area contributed by atoms with E-state index in [0.717, 1.165) is 36.5 Å². The summed E-state index contributed by atoms with van der Waals surface area (Å²) in [5, 5.41) is 8.73. The van der Waals surface area contributed by atoms with Crippen LogP contribution in [-0.2, 0) is 0 Å². The minimum atomic E-state index is 0.321. The van der Waals surface area contributed by atoms with Crippen molar-refractivity contribution in [2.75, 3.05) is 6.61 Å². The van der Waals surface area contributed by atoms with E-state index in [9.17, 15) is 0 Å². The van der Waals surface area contributed by atoms with Crippen LogP contribution >= 0.6 is 0 Å². The Morgan fingerprint density at radius 1 is 1.04 bits per heavy atom. The molecule has 0 fully saturated rings. The van der Waals surface area contributed by atoms with E-state index < -0.39 is 0 Å². The number of nitriles is 1. The maximum atomic E-state index is 8.73. The van der Waals surface area contributed by atoms with Crippen molar-refractivity contribution in [2.45, 2.75) is 32.1 Å². The molecule has 2 rings (SSSR count). The smallest absolute Gasteiger partial charge is 0.158 e. The van der Waals surface area contributed by atoms with Gasteiger partial charge in [0.1, 0.15) is 11.8 Å². The number of benzene rings is 1. The summed E-state index contributed by atoms with van der Waals surface area (Å²) < 4.78 is 5.74. The van der Waals surface area contributed by atoms with E-state index in [-0.39, 0.29) is 0 Å². The van der Waals surface area contributed by atoms with Gasteiger partial charge < -0.3 is 4.74 Å². The van der Waals surface area contributed by atoms with E-state index >= 15 is 0 Å². The molecule has 0 amide bonds. The molecule has 1 aromatic carbocycles. The first kappa shape index (κ1) is 16.7. The topological polar surface area (TPSA) is 58.8 Å². The summed E-state index contributed by atoms with van der Waals surface area (Å²) >= 11 is 0. The zero-order valence-electron chi connectivity index (χ0n) is 13.2. The Morgan fingerprint density at radius 3 is 2.48 bits per heavy atom. The Kier molecular flexibility index (Phi) is 6.80. The van der Waals surface area contributed by atoms with Crippen molar-refractivity contribution < 1.29 is 4.74 Å². The van der Waals surface area contributed by atoms with Crippen LogP contribution in [0.3, 0.4) is 0 Å². The van der Waals surface area contributed by atoms with E-state index in [1.807, 2.05) is 36.4 Å². The highest BCUT2D eigenvalue weighted by atomic mass is 16.5. The fourth-order valence-electron chi connectivity index (χ4n) is 2.19. The van der Waals surface area contributed by atoms with Crippen LogP contribution in [0.15, 0.2) is 49.3 Å². The number of ether oxygens (including phenoxy) is 1. The molecular formula is C19H21N3O. The minimum Gasteiger partial charge on any atom is -0.494 e. The van der Waals surface area contributed by atoms with Crippen molar-refractivity contribution in [3.8, 4) is 23.1 Å². The molecule has 4 nitrogen and oxygen atoms in total. The zero-order chi connectivity index (χ0) is 16.3. The number of rotatable bonds is 9. The van der Waals surface area contributed by atoms with Crippen LogP contribution in [0.2, 0.25) is 0 Å². The van der Waals surface area contributed by atoms with Gasteiger partial charge in [0, 0.05) is 5.56 Å². The van der Waals surface area contributed by atoms with Crippen LogP contribution in [0.5, 0.6) is 5.75 Å². The molecule has 0 unspecified atom stereocenters. The maximum Gasteiger partial charge on any atom is 0.158 e. The van der Waals surface area contributed by atoms with Gasteiger partial charge in [0.05, 0.1) is 24.7 Å². The molecule has 0 saturated heterocycles. The van der Waals surface area contributed by atoms with Gasteiger partial charge in [-0.1, -0.05) is 18.9 Å². The van der Waals surface area contributed by atoms with Crippen LogP contribution in [0.25, 0.3) is 11.3 Å². The summed E-state index contributed by atoms with van der Waals surface area (Å²) in [5.41, 5.74) is 2.03. The summed E-state index contributed by atoms with van der Waals surface area (Å²) in [4.78, 5) is 8.25. The number of hydrogen-bond acceptors (Lipinski definition) is 4. The molecule has 0 aliphatic rings. The lowest BCUT2D eigenvalue weighted by Crippen LogP contribution is -1.97. The normalized spacial score (nSPS) is 10.0. The van der Waals surface area contributed by atoms with Gasteiger partial charge in [-0.05, 0) is 43.5 Å². The predicted octanol–water partition coefficient (Wildman–Crippen LogP) is 4.53. The van der Waals surface area contributed by atoms with Gasteiger partial charge in [-0.15, -0.1) is 6.58 Å². The average molecular weight is 307 g/mol. The molecule has 0 saturated carbocycles. The van der Waals surface area contributed by atoms with E-state index in [1.165, 1.54) is 25.5 Å². The van der Waals surface area contributed by atoms with Gasteiger partial charge >= 0.3 is 0 Å². The van der Waals surface area contributed by atoms with Gasteiger partial charge in [0.25, 0.3) is 0 Å². The van der Waals surface area contributed by atoms with Crippen LogP contribution in [0.1, 0.15) is 37.8 Å². The van der Waals surface area contributed by atoms with Crippen LogP contribution in [0, 0.1) is 11.3 Å². The van der Waals surface area contributed by atoms with E-state index in [0.29, 0.717) is 5.69 Å². The monoisotopic (exact) mass is 307 g/mol. The molecule has 0 radical (unpaired) electrons. The van der Waals surface area contributed by atoms with Gasteiger partial charge in [-0.3, -0.25) is 4.98 Å². The summed E-state index contributed by atoms with van der Waals surface area (Å²) in [7, 11) is 0. The molecule has 1 aromatic heterocycles. The molecule has 0 atom stereocenters. The Balaban J connectivity index is 1.78. The van der Waals surface area contributed by atoms with Crippen LogP contribution in [-0.4, -0.2) is 16.6 Å². The fourth-order valence-corrected chi connectivity index (χ4v) is 2.19. The lowest BCUT2D eigenvalue weighted by Gasteiger charge is -2.07. The fraction of sp³-hybridized carbons (Fsp3) is 0.316. The van der Waals surface area contributed by atoms with Crippen molar-refractivity contribution >= 4 is 0 Å². The predicted molar refractivity (Wildman–Crippen MR) is 91.0 cm³/mol. The molecule has 23 heavy (non-hydrogen) atoms. The quantitative estimate of drug-likeness (QED) is 0.504. The lowest BCUT2D eigenvalue weighted by atomic mass is 10.1. The number of hydrogen-bond donors (Lipinski definition) is 0. The number of unbranched alkanes of at least 4 members (excludes halogenated alkanes) is 4. The summed E-state index contributed by atoms with van der Waals surface area (Å²) in [5.74, 6) is 0.862. The Morgan fingerprint density at radius 2 is 1.83 bits per heavy atom. The van der Waals surface area contributed by atoms with Gasteiger partial charge in [0.15, 0.2) is 5.69 Å². The van der Waals surface area contributed by atoms with Crippen molar-refractivity contribution in [1.82, 2.24) is 9.97 Å². The number of nitrogens with zero attached hydrogens (tertiary/aromatic N) is 3. The second kappa shape index (κ2) is 9.37.